The Kier molecular flexibility index (Phi) is 7.49. The number of hydrogen-bond donors (Lipinski definition) is 1. The van der Waals surface area contributed by atoms with Crippen LogP contribution < -0.4 is 0 Å². The van der Waals surface area contributed by atoms with Gasteiger partial charge in [-0.2, -0.15) is 5.10 Å². The van der Waals surface area contributed by atoms with Gasteiger partial charge < -0.3 is 14.6 Å². The van der Waals surface area contributed by atoms with Gasteiger partial charge in [-0.25, -0.2) is 18.4 Å². The highest BCUT2D eigenvalue weighted by Crippen LogP contribution is 2.38. The maximum absolute atomic E-state index is 14.7. The molecule has 1 aliphatic heterocycles. The van der Waals surface area contributed by atoms with Crippen molar-refractivity contribution >= 4 is 17.8 Å². The minimum Gasteiger partial charge on any atom is -0.382 e. The van der Waals surface area contributed by atoms with E-state index in [4.69, 9.17) is 9.47 Å². The maximum atomic E-state index is 14.7. The van der Waals surface area contributed by atoms with Crippen molar-refractivity contribution in [2.24, 2.45) is 0 Å². The number of ether oxygens (including phenoxy) is 2. The van der Waals surface area contributed by atoms with E-state index in [1.807, 2.05) is 24.3 Å². The van der Waals surface area contributed by atoms with Crippen molar-refractivity contribution in [2.75, 3.05) is 13.2 Å². The molecule has 1 N–H and O–H groups in total. The second kappa shape index (κ2) is 10.5. The Labute approximate surface area is 194 Å². The van der Waals surface area contributed by atoms with Crippen molar-refractivity contribution in [3.63, 3.8) is 0 Å². The van der Waals surface area contributed by atoms with Gasteiger partial charge in [-0.3, -0.25) is 4.98 Å². The Hall–Kier alpha value is -2.66. The summed E-state index contributed by atoms with van der Waals surface area (Å²) in [5.74, 6) is -1.53. The van der Waals surface area contributed by atoms with Crippen molar-refractivity contribution in [1.82, 2.24) is 19.7 Å². The summed E-state index contributed by atoms with van der Waals surface area (Å²) in [6.45, 7) is 2.53. The zero-order valence-electron chi connectivity index (χ0n) is 17.9. The van der Waals surface area contributed by atoms with E-state index in [0.717, 1.165) is 17.7 Å². The molecule has 0 aliphatic carbocycles. The third-order valence-corrected chi connectivity index (χ3v) is 6.81. The van der Waals surface area contributed by atoms with Gasteiger partial charge in [-0.05, 0) is 23.8 Å². The highest BCUT2D eigenvalue weighted by atomic mass is 32.2. The number of aromatic nitrogens is 4. The van der Waals surface area contributed by atoms with Crippen LogP contribution in [0.4, 0.5) is 8.78 Å². The summed E-state index contributed by atoms with van der Waals surface area (Å²) in [6.07, 6.45) is 9.43. The first-order valence-electron chi connectivity index (χ1n) is 10.4. The molecule has 0 radical (unpaired) electrons. The minimum atomic E-state index is -1.67. The number of aliphatic hydroxyl groups is 1. The van der Waals surface area contributed by atoms with Crippen LogP contribution in [0.25, 0.3) is 6.08 Å². The first-order valence-corrected chi connectivity index (χ1v) is 11.4. The summed E-state index contributed by atoms with van der Waals surface area (Å²) >= 11 is 1.42. The van der Waals surface area contributed by atoms with Crippen LogP contribution in [0.3, 0.4) is 0 Å². The summed E-state index contributed by atoms with van der Waals surface area (Å²) in [7, 11) is 0. The first kappa shape index (κ1) is 23.5. The Morgan fingerprint density at radius 3 is 2.76 bits per heavy atom. The quantitative estimate of drug-likeness (QED) is 0.536. The lowest BCUT2D eigenvalue weighted by molar-refractivity contribution is -0.146. The topological polar surface area (TPSA) is 82.3 Å². The standard InChI is InChI=1S/C23H24F2N4O3S/c1-16(33-19-11-31-22(32-12-19)7-4-17-3-2-8-26-10-17)23(30,13-29-15-27-14-28-29)20-6-5-18(24)9-21(20)25/h2-10,14-16,19,22,30H,11-13H2,1H3/b7-4+/t16?,19?,22?,23-/m1/s1. The van der Waals surface area contributed by atoms with E-state index in [1.165, 1.54) is 35.2 Å². The van der Waals surface area contributed by atoms with Crippen molar-refractivity contribution in [3.05, 3.63) is 84.2 Å². The molecule has 174 valence electrons. The number of rotatable bonds is 8. The van der Waals surface area contributed by atoms with Crippen molar-refractivity contribution in [2.45, 2.75) is 35.9 Å². The lowest BCUT2D eigenvalue weighted by Gasteiger charge is -2.37. The van der Waals surface area contributed by atoms with E-state index in [0.29, 0.717) is 13.2 Å². The molecule has 10 heteroatoms. The molecule has 1 aromatic carbocycles. The average Bonchev–Trinajstić information content (AvgIpc) is 3.32. The molecule has 0 spiro atoms. The smallest absolute Gasteiger partial charge is 0.177 e. The van der Waals surface area contributed by atoms with Gasteiger partial charge in [0.15, 0.2) is 6.29 Å². The van der Waals surface area contributed by atoms with Crippen LogP contribution in [0, 0.1) is 11.6 Å². The molecule has 33 heavy (non-hydrogen) atoms. The van der Waals surface area contributed by atoms with Crippen LogP contribution in [-0.2, 0) is 21.6 Å². The molecule has 1 fully saturated rings. The van der Waals surface area contributed by atoms with Crippen LogP contribution in [-0.4, -0.2) is 54.9 Å². The number of hydrogen-bond acceptors (Lipinski definition) is 7. The highest BCUT2D eigenvalue weighted by molar-refractivity contribution is 8.00. The van der Waals surface area contributed by atoms with Gasteiger partial charge >= 0.3 is 0 Å². The Bertz CT molecular complexity index is 1060. The Morgan fingerprint density at radius 2 is 2.09 bits per heavy atom. The van der Waals surface area contributed by atoms with Crippen LogP contribution in [0.1, 0.15) is 18.1 Å². The van der Waals surface area contributed by atoms with E-state index in [2.05, 4.69) is 15.1 Å². The fraction of sp³-hybridized carbons (Fsp3) is 0.348. The molecule has 0 bridgehead atoms. The van der Waals surface area contributed by atoms with Crippen molar-refractivity contribution in [3.8, 4) is 0 Å². The zero-order chi connectivity index (χ0) is 23.3. The molecule has 2 atom stereocenters. The van der Waals surface area contributed by atoms with Crippen LogP contribution in [0.15, 0.2) is 61.5 Å². The van der Waals surface area contributed by atoms with Gasteiger partial charge in [0.25, 0.3) is 0 Å². The second-order valence-corrected chi connectivity index (χ2v) is 9.37. The van der Waals surface area contributed by atoms with Gasteiger partial charge in [0, 0.05) is 29.3 Å². The molecule has 1 saturated heterocycles. The normalized spacial score (nSPS) is 21.7. The summed E-state index contributed by atoms with van der Waals surface area (Å²) in [5.41, 5.74) is -0.739. The molecular formula is C23H24F2N4O3S. The number of thioether (sulfide) groups is 1. The highest BCUT2D eigenvalue weighted by Gasteiger charge is 2.41. The Morgan fingerprint density at radius 1 is 1.27 bits per heavy atom. The van der Waals surface area contributed by atoms with Crippen LogP contribution in [0.5, 0.6) is 0 Å². The SMILES string of the molecule is CC(SC1COC(/C=C/c2cccnc2)OC1)[C@](O)(Cn1cncn1)c1ccc(F)cc1F. The monoisotopic (exact) mass is 474 g/mol. The average molecular weight is 475 g/mol. The second-order valence-electron chi connectivity index (χ2n) is 7.72. The van der Waals surface area contributed by atoms with E-state index in [9.17, 15) is 13.9 Å². The summed E-state index contributed by atoms with van der Waals surface area (Å²) < 4.78 is 41.2. The van der Waals surface area contributed by atoms with Crippen LogP contribution in [0.2, 0.25) is 0 Å². The first-order chi connectivity index (χ1) is 15.9. The fourth-order valence-corrected chi connectivity index (χ4v) is 4.91. The maximum Gasteiger partial charge on any atom is 0.177 e. The van der Waals surface area contributed by atoms with E-state index in [-0.39, 0.29) is 17.4 Å². The molecule has 4 rings (SSSR count). The lowest BCUT2D eigenvalue weighted by Crippen LogP contribution is -2.43. The van der Waals surface area contributed by atoms with Crippen LogP contribution >= 0.6 is 11.8 Å². The summed E-state index contributed by atoms with van der Waals surface area (Å²) in [5, 5.41) is 15.1. The van der Waals surface area contributed by atoms with Crippen molar-refractivity contribution < 1.29 is 23.4 Å². The number of nitrogens with zero attached hydrogens (tertiary/aromatic N) is 4. The zero-order valence-corrected chi connectivity index (χ0v) is 18.7. The summed E-state index contributed by atoms with van der Waals surface area (Å²) in [6, 6.07) is 6.95. The van der Waals surface area contributed by atoms with Crippen molar-refractivity contribution in [1.29, 1.82) is 0 Å². The number of benzene rings is 1. The van der Waals surface area contributed by atoms with Gasteiger partial charge in [-0.1, -0.05) is 25.1 Å². The van der Waals surface area contributed by atoms with Gasteiger partial charge in [0.05, 0.1) is 25.0 Å². The molecule has 2 aromatic heterocycles. The molecule has 1 unspecified atom stereocenters. The van der Waals surface area contributed by atoms with Gasteiger partial charge in [0.2, 0.25) is 0 Å². The van der Waals surface area contributed by atoms with E-state index in [1.54, 1.807) is 19.3 Å². The lowest BCUT2D eigenvalue weighted by atomic mass is 9.90. The molecule has 0 saturated carbocycles. The Balaban J connectivity index is 1.43. The number of pyridine rings is 1. The summed E-state index contributed by atoms with van der Waals surface area (Å²) in [4.78, 5) is 7.95. The predicted molar refractivity (Wildman–Crippen MR) is 120 cm³/mol. The molecule has 0 amide bonds. The fourth-order valence-electron chi connectivity index (χ4n) is 3.59. The van der Waals surface area contributed by atoms with Gasteiger partial charge in [0.1, 0.15) is 29.9 Å². The van der Waals surface area contributed by atoms with E-state index >= 15 is 0 Å². The third kappa shape index (κ3) is 5.83. The largest absolute Gasteiger partial charge is 0.382 e. The molecule has 7 nitrogen and oxygen atoms in total. The van der Waals surface area contributed by atoms with Gasteiger partial charge in [-0.15, -0.1) is 11.8 Å². The number of halogens is 2. The molecular weight excluding hydrogens is 450 g/mol. The molecule has 3 heterocycles. The third-order valence-electron chi connectivity index (χ3n) is 5.36. The van der Waals surface area contributed by atoms with E-state index < -0.39 is 28.8 Å². The predicted octanol–water partition coefficient (Wildman–Crippen LogP) is 3.42. The minimum absolute atomic E-state index is 0.00525. The molecule has 1 aliphatic rings. The molecule has 3 aromatic rings.